The third-order valence-electron chi connectivity index (χ3n) is 8.64. The van der Waals surface area contributed by atoms with E-state index >= 15 is 0 Å². The molecule has 0 aliphatic carbocycles. The largest absolute Gasteiger partial charge is 0.481 e. The van der Waals surface area contributed by atoms with Crippen molar-refractivity contribution in [2.45, 2.75) is 77.0 Å². The minimum absolute atomic E-state index is 0.158. The van der Waals surface area contributed by atoms with E-state index in [1.54, 1.807) is 0 Å². The molecule has 2 aliphatic heterocycles. The van der Waals surface area contributed by atoms with E-state index in [1.807, 2.05) is 6.07 Å². The Hall–Kier alpha value is -3.49. The molecule has 2 N–H and O–H groups in total. The zero-order valence-corrected chi connectivity index (χ0v) is 26.6. The van der Waals surface area contributed by atoms with Crippen molar-refractivity contribution in [3.8, 4) is 0 Å². The van der Waals surface area contributed by atoms with Crippen molar-refractivity contribution in [1.29, 1.82) is 0 Å². The average molecular weight is 606 g/mol. The van der Waals surface area contributed by atoms with Crippen LogP contribution in [0.25, 0.3) is 0 Å². The number of carbonyl (C=O) groups is 1. The predicted octanol–water partition coefficient (Wildman–Crippen LogP) is 7.17. The Morgan fingerprint density at radius 3 is 2.28 bits per heavy atom. The Kier molecular flexibility index (Phi) is 10.1. The van der Waals surface area contributed by atoms with Crippen LogP contribution in [0, 0.1) is 0 Å². The van der Waals surface area contributed by atoms with Crippen LogP contribution in [0.1, 0.15) is 77.3 Å². The highest BCUT2D eigenvalue weighted by Gasteiger charge is 2.43. The summed E-state index contributed by atoms with van der Waals surface area (Å²) in [6, 6.07) is 16.8. The summed E-state index contributed by atoms with van der Waals surface area (Å²) in [7, 11) is -3.96. The van der Waals surface area contributed by atoms with E-state index in [-0.39, 0.29) is 23.0 Å². The summed E-state index contributed by atoms with van der Waals surface area (Å²) in [6.45, 7) is 10.4. The van der Waals surface area contributed by atoms with Gasteiger partial charge in [-0.2, -0.15) is 13.0 Å². The molecule has 2 aromatic rings. The molecule has 7 nitrogen and oxygen atoms in total. The van der Waals surface area contributed by atoms with Gasteiger partial charge in [0.05, 0.1) is 11.2 Å². The Bertz CT molecular complexity index is 1560. The number of aliphatic carboxylic acids is 1. The van der Waals surface area contributed by atoms with Crippen molar-refractivity contribution in [3.63, 3.8) is 0 Å². The quantitative estimate of drug-likeness (QED) is 0.103. The number of anilines is 1. The maximum Gasteiger partial charge on any atom is 0.303 e. The SMILES string of the molecule is CC1(C)C(/C=C/C=C/C=C2/N(CCCCS(=O)(=O)O)c3ccccc3C2(C)C)=[N+](CCCCCC(=O)O)c2ccccc21. The molecule has 2 aromatic carbocycles. The first-order chi connectivity index (χ1) is 20.3. The number of unbranched alkanes of at least 4 members (excludes halogenated alkanes) is 3. The minimum Gasteiger partial charge on any atom is -0.481 e. The maximum atomic E-state index is 11.2. The Labute approximate surface area is 256 Å². The lowest BCUT2D eigenvalue weighted by atomic mass is 9.81. The molecule has 0 bridgehead atoms. The molecule has 0 spiro atoms. The summed E-state index contributed by atoms with van der Waals surface area (Å²) in [5, 5.41) is 8.97. The molecule has 2 heterocycles. The van der Waals surface area contributed by atoms with Crippen molar-refractivity contribution in [1.82, 2.24) is 0 Å². The lowest BCUT2D eigenvalue weighted by molar-refractivity contribution is -0.438. The molecule has 0 saturated carbocycles. The summed E-state index contributed by atoms with van der Waals surface area (Å²) >= 11 is 0. The number of benzene rings is 2. The summed E-state index contributed by atoms with van der Waals surface area (Å²) < 4.78 is 33.9. The molecule has 0 amide bonds. The molecule has 4 rings (SSSR count). The van der Waals surface area contributed by atoms with Crippen LogP contribution in [0.4, 0.5) is 11.4 Å². The maximum absolute atomic E-state index is 11.2. The second-order valence-electron chi connectivity index (χ2n) is 12.5. The number of carboxylic acids is 1. The van der Waals surface area contributed by atoms with Gasteiger partial charge in [-0.3, -0.25) is 9.35 Å². The topological polar surface area (TPSA) is 97.9 Å². The average Bonchev–Trinajstić information content (AvgIpc) is 3.29. The Morgan fingerprint density at radius 1 is 0.860 bits per heavy atom. The highest BCUT2D eigenvalue weighted by atomic mass is 32.2. The third-order valence-corrected chi connectivity index (χ3v) is 9.44. The fourth-order valence-electron chi connectivity index (χ4n) is 6.40. The van der Waals surface area contributed by atoms with Gasteiger partial charge < -0.3 is 10.0 Å². The minimum atomic E-state index is -3.96. The molecule has 0 fully saturated rings. The van der Waals surface area contributed by atoms with Crippen molar-refractivity contribution in [2.75, 3.05) is 23.7 Å². The zero-order chi connectivity index (χ0) is 31.3. The second kappa shape index (κ2) is 13.4. The molecule has 8 heteroatoms. The van der Waals surface area contributed by atoms with Gasteiger partial charge in [0, 0.05) is 53.9 Å². The molecule has 0 aromatic heterocycles. The van der Waals surface area contributed by atoms with Gasteiger partial charge in [0.1, 0.15) is 6.54 Å². The first-order valence-corrected chi connectivity index (χ1v) is 16.8. The molecule has 43 heavy (non-hydrogen) atoms. The van der Waals surface area contributed by atoms with Crippen molar-refractivity contribution < 1.29 is 27.4 Å². The van der Waals surface area contributed by atoms with Crippen LogP contribution in [0.5, 0.6) is 0 Å². The Balaban J connectivity index is 1.54. The summed E-state index contributed by atoms with van der Waals surface area (Å²) in [4.78, 5) is 13.2. The summed E-state index contributed by atoms with van der Waals surface area (Å²) in [5.74, 6) is -0.969. The van der Waals surface area contributed by atoms with E-state index in [0.717, 1.165) is 30.8 Å². The second-order valence-corrected chi connectivity index (χ2v) is 14.0. The van der Waals surface area contributed by atoms with E-state index in [0.29, 0.717) is 25.8 Å². The van der Waals surface area contributed by atoms with Crippen LogP contribution in [0.2, 0.25) is 0 Å². The van der Waals surface area contributed by atoms with Crippen molar-refractivity contribution >= 4 is 33.2 Å². The van der Waals surface area contributed by atoms with Gasteiger partial charge in [-0.05, 0) is 57.2 Å². The molecular weight excluding hydrogens is 560 g/mol. The van der Waals surface area contributed by atoms with E-state index in [2.05, 4.69) is 110 Å². The Morgan fingerprint density at radius 2 is 1.56 bits per heavy atom. The highest BCUT2D eigenvalue weighted by Crippen LogP contribution is 2.47. The van der Waals surface area contributed by atoms with E-state index in [9.17, 15) is 13.2 Å². The third kappa shape index (κ3) is 7.54. The first-order valence-electron chi connectivity index (χ1n) is 15.2. The number of fused-ring (bicyclic) bond motifs is 2. The van der Waals surface area contributed by atoms with Crippen LogP contribution < -0.4 is 4.90 Å². The number of hydrogen-bond acceptors (Lipinski definition) is 4. The van der Waals surface area contributed by atoms with Gasteiger partial charge in [-0.25, -0.2) is 0 Å². The number of hydrogen-bond donors (Lipinski definition) is 2. The lowest BCUT2D eigenvalue weighted by Gasteiger charge is -2.27. The number of nitrogens with zero attached hydrogens (tertiary/aromatic N) is 2. The summed E-state index contributed by atoms with van der Waals surface area (Å²) in [6.07, 6.45) is 14.3. The molecule has 230 valence electrons. The van der Waals surface area contributed by atoms with E-state index in [1.165, 1.54) is 22.5 Å². The fraction of sp³-hybridized carbons (Fsp3) is 0.429. The standard InChI is InChI=1S/C35H44N2O5S/c1-34(2)27-17-10-12-19-29(27)36(24-14-6-9-23-33(38)39)31(34)21-7-5-8-22-32-35(3,4)28-18-11-13-20-30(28)37(32)25-15-16-26-43(40,41)42/h5,7-8,10-13,17-22H,6,9,14-16,23-26H2,1-4H3,(H-,38,39,40,41,42)/p+1. The monoisotopic (exact) mass is 605 g/mol. The molecule has 2 aliphatic rings. The number of carboxylic acid groups (broad SMARTS) is 1. The molecule has 0 atom stereocenters. The van der Waals surface area contributed by atoms with Gasteiger partial charge in [-0.15, -0.1) is 0 Å². The van der Waals surface area contributed by atoms with E-state index in [4.69, 9.17) is 9.66 Å². The van der Waals surface area contributed by atoms with Crippen LogP contribution in [-0.2, 0) is 25.7 Å². The number of allylic oxidation sites excluding steroid dienone is 6. The van der Waals surface area contributed by atoms with Crippen molar-refractivity contribution in [3.05, 3.63) is 95.7 Å². The van der Waals surface area contributed by atoms with Gasteiger partial charge in [0.2, 0.25) is 5.69 Å². The fourth-order valence-corrected chi connectivity index (χ4v) is 6.97. The van der Waals surface area contributed by atoms with Crippen molar-refractivity contribution in [2.24, 2.45) is 0 Å². The number of rotatable bonds is 14. The van der Waals surface area contributed by atoms with Crippen LogP contribution in [0.15, 0.2) is 84.6 Å². The van der Waals surface area contributed by atoms with Gasteiger partial charge in [-0.1, -0.05) is 68.5 Å². The normalized spacial score (nSPS) is 18.3. The van der Waals surface area contributed by atoms with Crippen LogP contribution in [0.3, 0.4) is 0 Å². The van der Waals surface area contributed by atoms with Gasteiger partial charge >= 0.3 is 5.97 Å². The van der Waals surface area contributed by atoms with Crippen LogP contribution >= 0.6 is 0 Å². The molecule has 0 radical (unpaired) electrons. The first kappa shape index (κ1) is 32.4. The lowest BCUT2D eigenvalue weighted by Crippen LogP contribution is -2.27. The van der Waals surface area contributed by atoms with Crippen LogP contribution in [-0.4, -0.2) is 53.2 Å². The molecular formula is C35H45N2O5S+. The smallest absolute Gasteiger partial charge is 0.303 e. The predicted molar refractivity (Wildman–Crippen MR) is 174 cm³/mol. The molecule has 0 unspecified atom stereocenters. The van der Waals surface area contributed by atoms with E-state index < -0.39 is 16.1 Å². The number of para-hydroxylation sites is 2. The summed E-state index contributed by atoms with van der Waals surface area (Å²) in [5.41, 5.74) is 6.87. The molecule has 0 saturated heterocycles. The highest BCUT2D eigenvalue weighted by molar-refractivity contribution is 7.85. The zero-order valence-electron chi connectivity index (χ0n) is 25.8. The van der Waals surface area contributed by atoms with Gasteiger partial charge in [0.25, 0.3) is 10.1 Å². The van der Waals surface area contributed by atoms with Gasteiger partial charge in [0.15, 0.2) is 5.71 Å².